The summed E-state index contributed by atoms with van der Waals surface area (Å²) in [6, 6.07) is 15.3. The van der Waals surface area contributed by atoms with Crippen molar-refractivity contribution in [2.45, 2.75) is 12.5 Å². The van der Waals surface area contributed by atoms with Gasteiger partial charge >= 0.3 is 0 Å². The molecular weight excluding hydrogens is 278 g/mol. The number of carbonyl (C=O) groups is 1. The van der Waals surface area contributed by atoms with Gasteiger partial charge in [-0.2, -0.15) is 0 Å². The number of hydrogen-bond donors (Lipinski definition) is 1. The zero-order chi connectivity index (χ0) is 15.4. The van der Waals surface area contributed by atoms with E-state index < -0.39 is 0 Å². The molecule has 0 saturated heterocycles. The fourth-order valence-electron chi connectivity index (χ4n) is 2.70. The van der Waals surface area contributed by atoms with Crippen molar-refractivity contribution in [1.82, 2.24) is 5.32 Å². The van der Waals surface area contributed by atoms with Crippen LogP contribution < -0.4 is 10.1 Å². The molecule has 114 valence electrons. The molecule has 2 aromatic rings. The third-order valence-corrected chi connectivity index (χ3v) is 3.87. The highest BCUT2D eigenvalue weighted by Gasteiger charge is 2.21. The molecule has 0 fully saturated rings. The Hall–Kier alpha value is -2.33. The van der Waals surface area contributed by atoms with E-state index in [0.717, 1.165) is 6.42 Å². The molecule has 1 atom stereocenters. The van der Waals surface area contributed by atoms with E-state index in [0.29, 0.717) is 24.5 Å². The maximum atomic E-state index is 12.2. The van der Waals surface area contributed by atoms with Gasteiger partial charge in [0.15, 0.2) is 0 Å². The summed E-state index contributed by atoms with van der Waals surface area (Å²) >= 11 is 0. The van der Waals surface area contributed by atoms with Crippen LogP contribution in [0.2, 0.25) is 0 Å². The lowest BCUT2D eigenvalue weighted by atomic mass is 9.97. The summed E-state index contributed by atoms with van der Waals surface area (Å²) in [5.41, 5.74) is 3.05. The zero-order valence-corrected chi connectivity index (χ0v) is 12.5. The smallest absolute Gasteiger partial charge is 0.251 e. The van der Waals surface area contributed by atoms with E-state index >= 15 is 0 Å². The van der Waals surface area contributed by atoms with E-state index in [4.69, 9.17) is 9.47 Å². The molecule has 22 heavy (non-hydrogen) atoms. The first-order valence-electron chi connectivity index (χ1n) is 7.39. The summed E-state index contributed by atoms with van der Waals surface area (Å²) in [7, 11) is 1.59. The average molecular weight is 297 g/mol. The number of methoxy groups -OCH3 is 1. The molecule has 1 aliphatic heterocycles. The van der Waals surface area contributed by atoms with Crippen LogP contribution in [0.1, 0.15) is 27.6 Å². The molecule has 1 unspecified atom stereocenters. The summed E-state index contributed by atoms with van der Waals surface area (Å²) in [5.74, 6) is 0.553. The quantitative estimate of drug-likeness (QED) is 0.944. The molecule has 3 rings (SSSR count). The topological polar surface area (TPSA) is 47.6 Å². The second-order valence-electron chi connectivity index (χ2n) is 5.25. The van der Waals surface area contributed by atoms with Gasteiger partial charge in [0.2, 0.25) is 0 Å². The van der Waals surface area contributed by atoms with Crippen molar-refractivity contribution in [2.75, 3.05) is 20.3 Å². The van der Waals surface area contributed by atoms with E-state index in [-0.39, 0.29) is 12.0 Å². The Morgan fingerprint density at radius 1 is 1.27 bits per heavy atom. The van der Waals surface area contributed by atoms with E-state index in [9.17, 15) is 4.79 Å². The van der Waals surface area contributed by atoms with Crippen LogP contribution in [0.15, 0.2) is 48.5 Å². The van der Waals surface area contributed by atoms with Crippen molar-refractivity contribution < 1.29 is 14.3 Å². The number of nitrogens with one attached hydrogen (secondary N) is 1. The number of amides is 1. The number of hydrogen-bond acceptors (Lipinski definition) is 3. The first-order chi connectivity index (χ1) is 10.8. The Labute approximate surface area is 130 Å². The van der Waals surface area contributed by atoms with Crippen LogP contribution in [0.25, 0.3) is 0 Å². The molecule has 0 aromatic heterocycles. The molecular formula is C18H19NO3. The Morgan fingerprint density at radius 3 is 3.00 bits per heavy atom. The number of benzene rings is 2. The first-order valence-corrected chi connectivity index (χ1v) is 7.39. The molecule has 0 bridgehead atoms. The summed E-state index contributed by atoms with van der Waals surface area (Å²) in [6.45, 7) is 1.16. The predicted octanol–water partition coefficient (Wildman–Crippen LogP) is 2.74. The lowest BCUT2D eigenvalue weighted by Gasteiger charge is -2.26. The van der Waals surface area contributed by atoms with Crippen molar-refractivity contribution in [3.63, 3.8) is 0 Å². The summed E-state index contributed by atoms with van der Waals surface area (Å²) in [6.07, 6.45) is 0.843. The molecule has 1 amide bonds. The highest BCUT2D eigenvalue weighted by Crippen LogP contribution is 2.26. The molecule has 2 aromatic carbocycles. The summed E-state index contributed by atoms with van der Waals surface area (Å²) < 4.78 is 10.9. The van der Waals surface area contributed by atoms with Crippen LogP contribution in [0.4, 0.5) is 0 Å². The largest absolute Gasteiger partial charge is 0.497 e. The highest BCUT2D eigenvalue weighted by atomic mass is 16.5. The number of ether oxygens (including phenoxy) is 2. The zero-order valence-electron chi connectivity index (χ0n) is 12.5. The number of rotatable bonds is 4. The molecule has 0 spiro atoms. The maximum Gasteiger partial charge on any atom is 0.251 e. The minimum atomic E-state index is -0.120. The summed E-state index contributed by atoms with van der Waals surface area (Å²) in [4.78, 5) is 12.2. The molecule has 0 radical (unpaired) electrons. The lowest BCUT2D eigenvalue weighted by Crippen LogP contribution is -2.31. The van der Waals surface area contributed by atoms with Crippen LogP contribution >= 0.6 is 0 Å². The minimum absolute atomic E-state index is 0.0838. The van der Waals surface area contributed by atoms with Crippen LogP contribution in [0, 0.1) is 0 Å². The van der Waals surface area contributed by atoms with E-state index in [1.807, 2.05) is 18.2 Å². The van der Waals surface area contributed by atoms with Gasteiger partial charge in [-0.3, -0.25) is 4.79 Å². The van der Waals surface area contributed by atoms with Crippen molar-refractivity contribution >= 4 is 5.91 Å². The van der Waals surface area contributed by atoms with Gasteiger partial charge in [0.1, 0.15) is 11.9 Å². The van der Waals surface area contributed by atoms with E-state index in [1.54, 1.807) is 25.3 Å². The van der Waals surface area contributed by atoms with Crippen LogP contribution in [-0.4, -0.2) is 26.2 Å². The third kappa shape index (κ3) is 3.12. The summed E-state index contributed by atoms with van der Waals surface area (Å²) in [5, 5.41) is 2.94. The van der Waals surface area contributed by atoms with Gasteiger partial charge in [-0.05, 0) is 35.7 Å². The minimum Gasteiger partial charge on any atom is -0.497 e. The molecule has 1 N–H and O–H groups in total. The van der Waals surface area contributed by atoms with Gasteiger partial charge in [-0.25, -0.2) is 0 Å². The van der Waals surface area contributed by atoms with Crippen LogP contribution in [-0.2, 0) is 11.2 Å². The second-order valence-corrected chi connectivity index (χ2v) is 5.25. The maximum absolute atomic E-state index is 12.2. The van der Waals surface area contributed by atoms with Gasteiger partial charge in [-0.15, -0.1) is 0 Å². The lowest BCUT2D eigenvalue weighted by molar-refractivity contribution is 0.0411. The Morgan fingerprint density at radius 2 is 2.14 bits per heavy atom. The van der Waals surface area contributed by atoms with Crippen molar-refractivity contribution in [1.29, 1.82) is 0 Å². The Bertz CT molecular complexity index is 669. The Balaban J connectivity index is 1.67. The van der Waals surface area contributed by atoms with Gasteiger partial charge in [-0.1, -0.05) is 30.3 Å². The van der Waals surface area contributed by atoms with Crippen LogP contribution in [0.5, 0.6) is 5.75 Å². The van der Waals surface area contributed by atoms with Crippen molar-refractivity contribution in [3.8, 4) is 5.75 Å². The predicted molar refractivity (Wildman–Crippen MR) is 84.2 cm³/mol. The SMILES string of the molecule is COc1cccc(C(=O)NCC2OCCc3ccccc32)c1. The number of fused-ring (bicyclic) bond motifs is 1. The normalized spacial score (nSPS) is 16.7. The van der Waals surface area contributed by atoms with E-state index in [2.05, 4.69) is 17.4 Å². The average Bonchev–Trinajstić information content (AvgIpc) is 2.59. The third-order valence-electron chi connectivity index (χ3n) is 3.87. The molecule has 1 heterocycles. The molecule has 4 heteroatoms. The van der Waals surface area contributed by atoms with Gasteiger partial charge in [0.25, 0.3) is 5.91 Å². The first kappa shape index (κ1) is 14.6. The molecule has 1 aliphatic rings. The molecule has 4 nitrogen and oxygen atoms in total. The standard InChI is InChI=1S/C18H19NO3/c1-21-15-7-4-6-14(11-15)18(20)19-12-17-16-8-3-2-5-13(16)9-10-22-17/h2-8,11,17H,9-10,12H2,1H3,(H,19,20). The van der Waals surface area contributed by atoms with E-state index in [1.165, 1.54) is 11.1 Å². The number of carbonyl (C=O) groups excluding carboxylic acids is 1. The van der Waals surface area contributed by atoms with Gasteiger partial charge < -0.3 is 14.8 Å². The fourth-order valence-corrected chi connectivity index (χ4v) is 2.70. The fraction of sp³-hybridized carbons (Fsp3) is 0.278. The Kier molecular flexibility index (Phi) is 4.39. The molecule has 0 aliphatic carbocycles. The monoisotopic (exact) mass is 297 g/mol. The van der Waals surface area contributed by atoms with Crippen molar-refractivity contribution in [3.05, 3.63) is 65.2 Å². The van der Waals surface area contributed by atoms with Crippen molar-refractivity contribution in [2.24, 2.45) is 0 Å². The highest BCUT2D eigenvalue weighted by molar-refractivity contribution is 5.94. The van der Waals surface area contributed by atoms with Crippen LogP contribution in [0.3, 0.4) is 0 Å². The second kappa shape index (κ2) is 6.62. The van der Waals surface area contributed by atoms with Gasteiger partial charge in [0, 0.05) is 12.1 Å². The molecule has 0 saturated carbocycles. The van der Waals surface area contributed by atoms with Gasteiger partial charge in [0.05, 0.1) is 13.7 Å².